The van der Waals surface area contributed by atoms with Crippen molar-refractivity contribution in [2.45, 2.75) is 57.7 Å². The first-order chi connectivity index (χ1) is 32.9. The highest BCUT2D eigenvalue weighted by molar-refractivity contribution is 6.21. The number of carbonyl (C=O) groups is 3. The van der Waals surface area contributed by atoms with Crippen LogP contribution in [0.25, 0.3) is 43.8 Å². The molecule has 1 unspecified atom stereocenters. The fraction of sp³-hybridized carbons (Fsp3) is 0.246. The van der Waals surface area contributed by atoms with Crippen molar-refractivity contribution in [3.8, 4) is 45.3 Å². The van der Waals surface area contributed by atoms with E-state index in [2.05, 4.69) is 30.8 Å². The van der Waals surface area contributed by atoms with Crippen LogP contribution in [-0.2, 0) is 19.0 Å². The van der Waals surface area contributed by atoms with Gasteiger partial charge < -0.3 is 33.2 Å². The predicted octanol–water partition coefficient (Wildman–Crippen LogP) is 12.7. The van der Waals surface area contributed by atoms with Crippen LogP contribution in [0.2, 0.25) is 0 Å². The minimum atomic E-state index is -0.461. The summed E-state index contributed by atoms with van der Waals surface area (Å²) >= 11 is 0. The van der Waals surface area contributed by atoms with Crippen LogP contribution in [-0.4, -0.2) is 57.2 Å². The van der Waals surface area contributed by atoms with Gasteiger partial charge in [0.1, 0.15) is 29.6 Å². The molecule has 0 radical (unpaired) electrons. The van der Waals surface area contributed by atoms with E-state index in [1.54, 1.807) is 48.5 Å². The maximum atomic E-state index is 13.1. The van der Waals surface area contributed by atoms with E-state index in [-0.39, 0.29) is 6.29 Å². The van der Waals surface area contributed by atoms with Gasteiger partial charge in [-0.3, -0.25) is 0 Å². The molecule has 0 bridgehead atoms. The number of hydrogen-bond acceptors (Lipinski definition) is 10. The van der Waals surface area contributed by atoms with Crippen molar-refractivity contribution in [3.05, 3.63) is 169 Å². The molecule has 1 atom stereocenters. The maximum absolute atomic E-state index is 13.1. The van der Waals surface area contributed by atoms with Gasteiger partial charge >= 0.3 is 17.9 Å². The SMILES string of the molecule is C=CC(=O)OCCCCCCOc1ccc(C(=O)Oc2ccc(-c3c4ccccc4c(-c4ccc(OC(=O)c5ccc(OCCCCCCOC6CO6)cc5)cc4)c4ccccc34)cc2)cc1. The third kappa shape index (κ3) is 12.8. The van der Waals surface area contributed by atoms with Gasteiger partial charge in [-0.15, -0.1) is 0 Å². The second-order valence-electron chi connectivity index (χ2n) is 16.2. The van der Waals surface area contributed by atoms with Gasteiger partial charge in [-0.05, 0) is 162 Å². The van der Waals surface area contributed by atoms with Crippen LogP contribution in [0.4, 0.5) is 0 Å². The minimum absolute atomic E-state index is 0.0215. The van der Waals surface area contributed by atoms with E-state index in [0.29, 0.717) is 53.9 Å². The van der Waals surface area contributed by atoms with Crippen molar-refractivity contribution in [1.82, 2.24) is 0 Å². The quantitative estimate of drug-likeness (QED) is 0.0145. The summed E-state index contributed by atoms with van der Waals surface area (Å²) in [6.45, 7) is 6.40. The molecule has 0 aromatic heterocycles. The van der Waals surface area contributed by atoms with Gasteiger partial charge in [0.05, 0.1) is 30.9 Å². The predicted molar refractivity (Wildman–Crippen MR) is 260 cm³/mol. The Morgan fingerprint density at radius 2 is 0.851 bits per heavy atom. The Balaban J connectivity index is 0.872. The summed E-state index contributed by atoms with van der Waals surface area (Å²) in [5.41, 5.74) is 4.97. The zero-order valence-electron chi connectivity index (χ0n) is 37.5. The summed E-state index contributed by atoms with van der Waals surface area (Å²) in [7, 11) is 0. The zero-order valence-corrected chi connectivity index (χ0v) is 37.5. The molecular formula is C57H54O10. The van der Waals surface area contributed by atoms with Gasteiger partial charge in [0.2, 0.25) is 0 Å². The first-order valence-electron chi connectivity index (χ1n) is 23.0. The molecule has 10 heteroatoms. The molecule has 7 aromatic rings. The number of fused-ring (bicyclic) bond motifs is 2. The average molecular weight is 899 g/mol. The molecule has 1 aliphatic rings. The second kappa shape index (κ2) is 23.3. The minimum Gasteiger partial charge on any atom is -0.494 e. The summed E-state index contributed by atoms with van der Waals surface area (Å²) in [5, 5.41) is 4.29. The van der Waals surface area contributed by atoms with Crippen molar-refractivity contribution in [2.75, 3.05) is 33.0 Å². The molecule has 1 fully saturated rings. The standard InChI is InChI=1S/C57H54O10/c1-2-52(58)63-37-13-5-3-11-35-61-44-27-23-42(24-28-44)56(59)66-46-31-19-40(20-32-46)54-48-15-7-9-17-50(48)55(51-18-10-8-16-49(51)54)41-21-33-47(34-22-41)67-57(60)43-25-29-45(30-26-43)62-36-12-4-6-14-38-64-53-39-65-53/h2,7-10,15-34,53H,1,3-6,11-14,35-39H2. The zero-order chi connectivity index (χ0) is 46.2. The maximum Gasteiger partial charge on any atom is 0.343 e. The van der Waals surface area contributed by atoms with Gasteiger partial charge in [-0.25, -0.2) is 14.4 Å². The number of hydrogen-bond donors (Lipinski definition) is 0. The molecular weight excluding hydrogens is 845 g/mol. The smallest absolute Gasteiger partial charge is 0.343 e. The number of esters is 3. The van der Waals surface area contributed by atoms with Crippen molar-refractivity contribution in [3.63, 3.8) is 0 Å². The topological polar surface area (TPSA) is 119 Å². The van der Waals surface area contributed by atoms with Crippen LogP contribution in [0.5, 0.6) is 23.0 Å². The normalized spacial score (nSPS) is 12.9. The van der Waals surface area contributed by atoms with E-state index in [4.69, 9.17) is 33.2 Å². The third-order valence-electron chi connectivity index (χ3n) is 11.5. The van der Waals surface area contributed by atoms with Crippen LogP contribution < -0.4 is 18.9 Å². The molecule has 342 valence electrons. The first-order valence-corrected chi connectivity index (χ1v) is 23.0. The van der Waals surface area contributed by atoms with Crippen molar-refractivity contribution >= 4 is 39.5 Å². The van der Waals surface area contributed by atoms with E-state index >= 15 is 0 Å². The highest BCUT2D eigenvalue weighted by Gasteiger charge is 2.22. The van der Waals surface area contributed by atoms with Gasteiger partial charge in [0.25, 0.3) is 0 Å². The number of benzene rings is 7. The largest absolute Gasteiger partial charge is 0.494 e. The number of epoxide rings is 1. The summed E-state index contributed by atoms with van der Waals surface area (Å²) in [5.74, 6) is 0.968. The molecule has 10 nitrogen and oxygen atoms in total. The highest BCUT2D eigenvalue weighted by Crippen LogP contribution is 2.44. The lowest BCUT2D eigenvalue weighted by molar-refractivity contribution is -0.137. The van der Waals surface area contributed by atoms with Crippen LogP contribution in [0, 0.1) is 0 Å². The Labute approximate surface area is 391 Å². The van der Waals surface area contributed by atoms with E-state index in [1.165, 1.54) is 6.08 Å². The lowest BCUT2D eigenvalue weighted by atomic mass is 9.86. The lowest BCUT2D eigenvalue weighted by Gasteiger charge is -2.18. The van der Waals surface area contributed by atoms with Crippen molar-refractivity contribution in [1.29, 1.82) is 0 Å². The molecule has 1 heterocycles. The third-order valence-corrected chi connectivity index (χ3v) is 11.5. The molecule has 0 N–H and O–H groups in total. The number of ether oxygens (including phenoxy) is 7. The van der Waals surface area contributed by atoms with Crippen LogP contribution >= 0.6 is 0 Å². The van der Waals surface area contributed by atoms with Gasteiger partial charge in [0.15, 0.2) is 6.29 Å². The van der Waals surface area contributed by atoms with E-state index < -0.39 is 17.9 Å². The fourth-order valence-electron chi connectivity index (χ4n) is 7.91. The van der Waals surface area contributed by atoms with Gasteiger partial charge in [0, 0.05) is 12.7 Å². The monoisotopic (exact) mass is 898 g/mol. The molecule has 8 rings (SSSR count). The van der Waals surface area contributed by atoms with Gasteiger partial charge in [-0.2, -0.15) is 0 Å². The summed E-state index contributed by atoms with van der Waals surface area (Å²) in [6.07, 6.45) is 8.84. The molecule has 0 aliphatic carbocycles. The Hall–Kier alpha value is -7.27. The molecule has 0 spiro atoms. The van der Waals surface area contributed by atoms with Crippen molar-refractivity contribution in [2.24, 2.45) is 0 Å². The van der Waals surface area contributed by atoms with E-state index in [9.17, 15) is 14.4 Å². The van der Waals surface area contributed by atoms with Crippen LogP contribution in [0.1, 0.15) is 72.1 Å². The number of unbranched alkanes of at least 4 members (excludes halogenated alkanes) is 6. The molecule has 0 amide bonds. The average Bonchev–Trinajstić information content (AvgIpc) is 4.20. The highest BCUT2D eigenvalue weighted by atomic mass is 16.8. The molecule has 67 heavy (non-hydrogen) atoms. The van der Waals surface area contributed by atoms with Gasteiger partial charge in [-0.1, -0.05) is 85.8 Å². The number of rotatable bonds is 24. The Morgan fingerprint density at radius 1 is 0.478 bits per heavy atom. The lowest BCUT2D eigenvalue weighted by Crippen LogP contribution is -2.08. The Bertz CT molecular complexity index is 2700. The fourth-order valence-corrected chi connectivity index (χ4v) is 7.91. The van der Waals surface area contributed by atoms with Crippen LogP contribution in [0.3, 0.4) is 0 Å². The molecule has 1 saturated heterocycles. The summed E-state index contributed by atoms with van der Waals surface area (Å²) in [4.78, 5) is 37.4. The van der Waals surface area contributed by atoms with E-state index in [0.717, 1.165) is 108 Å². The summed E-state index contributed by atoms with van der Waals surface area (Å²) in [6, 6.07) is 45.9. The second-order valence-corrected chi connectivity index (χ2v) is 16.2. The molecule has 7 aromatic carbocycles. The molecule has 1 aliphatic heterocycles. The molecule has 0 saturated carbocycles. The number of carbonyl (C=O) groups excluding carboxylic acids is 3. The van der Waals surface area contributed by atoms with E-state index in [1.807, 2.05) is 72.8 Å². The van der Waals surface area contributed by atoms with Crippen molar-refractivity contribution < 1.29 is 47.5 Å². The van der Waals surface area contributed by atoms with Crippen LogP contribution in [0.15, 0.2) is 158 Å². The summed E-state index contributed by atoms with van der Waals surface area (Å²) < 4.78 is 38.9. The first kappa shape index (κ1) is 46.3. The Kier molecular flexibility index (Phi) is 16.1. The Morgan fingerprint density at radius 3 is 1.24 bits per heavy atom.